The number of sulfonamides is 1. The first-order valence-electron chi connectivity index (χ1n) is 15.3. The third-order valence-electron chi connectivity index (χ3n) is 7.60. The monoisotopic (exact) mass is 737 g/mol. The van der Waals surface area contributed by atoms with Crippen molar-refractivity contribution in [1.82, 2.24) is 10.2 Å². The number of rotatable bonds is 14. The molecule has 1 atom stereocenters. The topological polar surface area (TPSA) is 105 Å². The molecule has 5 aromatic carbocycles. The number of carbonyl (C=O) groups excluding carboxylic acids is 2. The van der Waals surface area contributed by atoms with Crippen LogP contribution in [0.3, 0.4) is 0 Å². The highest BCUT2D eigenvalue weighted by atomic mass is 35.5. The van der Waals surface area contributed by atoms with Crippen LogP contribution in [0.1, 0.15) is 16.7 Å². The van der Waals surface area contributed by atoms with Gasteiger partial charge in [-0.25, -0.2) is 17.2 Å². The molecule has 0 radical (unpaired) electrons. The van der Waals surface area contributed by atoms with E-state index in [2.05, 4.69) is 10.0 Å². The molecule has 5 aromatic rings. The zero-order valence-electron chi connectivity index (χ0n) is 26.4. The summed E-state index contributed by atoms with van der Waals surface area (Å²) in [6.45, 7) is -0.468. The van der Waals surface area contributed by atoms with Gasteiger partial charge in [-0.05, 0) is 89.5 Å². The molecule has 0 heterocycles. The van der Waals surface area contributed by atoms with E-state index in [1.54, 1.807) is 18.2 Å². The normalized spacial score (nSPS) is 11.8. The molecule has 0 saturated carbocycles. The van der Waals surface area contributed by atoms with Crippen LogP contribution in [0.15, 0.2) is 126 Å². The summed E-state index contributed by atoms with van der Waals surface area (Å²) >= 11 is 12.4. The summed E-state index contributed by atoms with van der Waals surface area (Å²) in [6.07, 6.45) is 0.154. The fourth-order valence-electron chi connectivity index (χ4n) is 4.98. The van der Waals surface area contributed by atoms with Crippen molar-refractivity contribution in [3.63, 3.8) is 0 Å². The molecule has 5 rings (SSSR count). The zero-order valence-corrected chi connectivity index (χ0v) is 28.7. The molecule has 13 heteroatoms. The maximum Gasteiger partial charge on any atom is 0.261 e. The molecule has 0 spiro atoms. The number of amides is 2. The minimum atomic E-state index is -4.00. The highest BCUT2D eigenvalue weighted by molar-refractivity contribution is 7.92. The largest absolute Gasteiger partial charge is 0.484 e. The van der Waals surface area contributed by atoms with Gasteiger partial charge < -0.3 is 15.0 Å². The zero-order chi connectivity index (χ0) is 35.7. The first kappa shape index (κ1) is 36.3. The Balaban J connectivity index is 1.36. The molecule has 0 aliphatic heterocycles. The third kappa shape index (κ3) is 10.0. The van der Waals surface area contributed by atoms with Gasteiger partial charge in [0.05, 0.1) is 4.90 Å². The lowest BCUT2D eigenvalue weighted by Crippen LogP contribution is -2.51. The summed E-state index contributed by atoms with van der Waals surface area (Å²) < 4.78 is 60.8. The van der Waals surface area contributed by atoms with E-state index >= 15 is 0 Å². The van der Waals surface area contributed by atoms with Crippen molar-refractivity contribution >= 4 is 50.7 Å². The Labute approximate surface area is 298 Å². The predicted octanol–water partition coefficient (Wildman–Crippen LogP) is 7.41. The average Bonchev–Trinajstić information content (AvgIpc) is 3.10. The van der Waals surface area contributed by atoms with Crippen molar-refractivity contribution in [1.29, 1.82) is 0 Å². The van der Waals surface area contributed by atoms with E-state index in [1.165, 1.54) is 65.6 Å². The lowest BCUT2D eigenvalue weighted by molar-refractivity contribution is -0.142. The van der Waals surface area contributed by atoms with Gasteiger partial charge in [-0.3, -0.25) is 14.3 Å². The van der Waals surface area contributed by atoms with E-state index in [0.29, 0.717) is 21.2 Å². The van der Waals surface area contributed by atoms with Gasteiger partial charge in [0.25, 0.3) is 15.9 Å². The Morgan fingerprint density at radius 1 is 0.780 bits per heavy atom. The highest BCUT2D eigenvalue weighted by Crippen LogP contribution is 2.23. The van der Waals surface area contributed by atoms with Gasteiger partial charge in [0.2, 0.25) is 5.91 Å². The Morgan fingerprint density at radius 2 is 1.42 bits per heavy atom. The minimum Gasteiger partial charge on any atom is -0.484 e. The van der Waals surface area contributed by atoms with E-state index in [1.807, 2.05) is 30.3 Å². The smallest absolute Gasteiger partial charge is 0.261 e. The van der Waals surface area contributed by atoms with Gasteiger partial charge in [-0.1, -0.05) is 71.7 Å². The summed E-state index contributed by atoms with van der Waals surface area (Å²) in [5.74, 6) is -1.77. The molecule has 1 unspecified atom stereocenters. The average molecular weight is 739 g/mol. The van der Waals surface area contributed by atoms with Gasteiger partial charge in [0, 0.05) is 35.2 Å². The SMILES string of the molecule is O=C(NCc1ccc(Cl)cc1Cl)C(Cc1ccccc1)N(Cc1ccc(F)cc1)C(=O)COc1ccc(S(=O)(=O)Nc2ccc(F)cc2)cc1. The van der Waals surface area contributed by atoms with Crippen LogP contribution in [0.4, 0.5) is 14.5 Å². The number of ether oxygens (including phenoxy) is 1. The second-order valence-electron chi connectivity index (χ2n) is 11.2. The van der Waals surface area contributed by atoms with E-state index in [-0.39, 0.29) is 35.8 Å². The number of nitrogens with one attached hydrogen (secondary N) is 2. The molecule has 0 bridgehead atoms. The first-order chi connectivity index (χ1) is 24.0. The van der Waals surface area contributed by atoms with E-state index in [0.717, 1.165) is 17.7 Å². The number of anilines is 1. The van der Waals surface area contributed by atoms with Crippen LogP contribution < -0.4 is 14.8 Å². The van der Waals surface area contributed by atoms with Crippen LogP contribution in [-0.4, -0.2) is 37.8 Å². The predicted molar refractivity (Wildman–Crippen MR) is 188 cm³/mol. The number of carbonyl (C=O) groups is 2. The molecule has 8 nitrogen and oxygen atoms in total. The summed E-state index contributed by atoms with van der Waals surface area (Å²) in [6, 6.07) is 28.9. The van der Waals surface area contributed by atoms with Crippen molar-refractivity contribution in [2.45, 2.75) is 30.4 Å². The van der Waals surface area contributed by atoms with Crippen molar-refractivity contribution in [2.75, 3.05) is 11.3 Å². The van der Waals surface area contributed by atoms with Gasteiger partial charge in [0.15, 0.2) is 6.61 Å². The Bertz CT molecular complexity index is 2040. The maximum absolute atomic E-state index is 13.9. The third-order valence-corrected chi connectivity index (χ3v) is 9.58. The quantitative estimate of drug-likeness (QED) is 0.124. The van der Waals surface area contributed by atoms with Crippen LogP contribution >= 0.6 is 23.2 Å². The van der Waals surface area contributed by atoms with Gasteiger partial charge in [-0.15, -0.1) is 0 Å². The van der Waals surface area contributed by atoms with Crippen LogP contribution in [0, 0.1) is 11.6 Å². The molecule has 2 N–H and O–H groups in total. The van der Waals surface area contributed by atoms with Crippen LogP contribution in [0.5, 0.6) is 5.75 Å². The second kappa shape index (κ2) is 16.6. The van der Waals surface area contributed by atoms with Crippen LogP contribution in [-0.2, 0) is 39.1 Å². The molecular weight excluding hydrogens is 707 g/mol. The molecule has 0 aliphatic carbocycles. The van der Waals surface area contributed by atoms with Crippen molar-refractivity contribution in [2.24, 2.45) is 0 Å². The summed E-state index contributed by atoms with van der Waals surface area (Å²) in [5.41, 5.74) is 2.18. The molecule has 0 aliphatic rings. The van der Waals surface area contributed by atoms with Crippen molar-refractivity contribution in [3.8, 4) is 5.75 Å². The van der Waals surface area contributed by atoms with Gasteiger partial charge in [-0.2, -0.15) is 0 Å². The number of hydrogen-bond donors (Lipinski definition) is 2. The fourth-order valence-corrected chi connectivity index (χ4v) is 6.51. The number of halogens is 4. The molecule has 50 heavy (non-hydrogen) atoms. The molecule has 0 fully saturated rings. The summed E-state index contributed by atoms with van der Waals surface area (Å²) in [4.78, 5) is 29.1. The molecule has 0 saturated heterocycles. The lowest BCUT2D eigenvalue weighted by atomic mass is 10.0. The van der Waals surface area contributed by atoms with Gasteiger partial charge >= 0.3 is 0 Å². The number of hydrogen-bond acceptors (Lipinski definition) is 5. The van der Waals surface area contributed by atoms with Crippen LogP contribution in [0.25, 0.3) is 0 Å². The van der Waals surface area contributed by atoms with Crippen molar-refractivity contribution < 1.29 is 31.5 Å². The van der Waals surface area contributed by atoms with Crippen molar-refractivity contribution in [3.05, 3.63) is 160 Å². The van der Waals surface area contributed by atoms with Gasteiger partial charge in [0.1, 0.15) is 23.4 Å². The number of nitrogens with zero attached hydrogens (tertiary/aromatic N) is 1. The maximum atomic E-state index is 13.9. The van der Waals surface area contributed by atoms with E-state index in [4.69, 9.17) is 27.9 Å². The fraction of sp³-hybridized carbons (Fsp3) is 0.135. The Hall–Kier alpha value is -4.97. The highest BCUT2D eigenvalue weighted by Gasteiger charge is 2.31. The molecule has 258 valence electrons. The minimum absolute atomic E-state index is 0.0403. The summed E-state index contributed by atoms with van der Waals surface area (Å²) in [5, 5.41) is 3.70. The number of benzene rings is 5. The lowest BCUT2D eigenvalue weighted by Gasteiger charge is -2.31. The Morgan fingerprint density at radius 3 is 2.06 bits per heavy atom. The standard InChI is InChI=1S/C37H31Cl2F2N3O5S/c38-28-9-8-27(34(39)21-28)22-42-37(46)35(20-25-4-2-1-3-5-25)44(23-26-6-10-29(40)11-7-26)36(45)24-49-32-16-18-33(19-17-32)50(47,48)43-31-14-12-30(41)13-15-31/h1-19,21,35,43H,20,22-24H2,(H,42,46). The molecule has 2 amide bonds. The summed E-state index contributed by atoms with van der Waals surface area (Å²) in [7, 11) is -4.00. The molecular formula is C37H31Cl2F2N3O5S. The molecule has 0 aromatic heterocycles. The van der Waals surface area contributed by atoms with E-state index < -0.39 is 46.1 Å². The second-order valence-corrected chi connectivity index (χ2v) is 13.7. The van der Waals surface area contributed by atoms with Crippen LogP contribution in [0.2, 0.25) is 10.0 Å². The Kier molecular flexibility index (Phi) is 12.1. The first-order valence-corrected chi connectivity index (χ1v) is 17.5. The van der Waals surface area contributed by atoms with E-state index in [9.17, 15) is 26.8 Å².